The number of amides is 2. The lowest BCUT2D eigenvalue weighted by Gasteiger charge is -2.33. The van der Waals surface area contributed by atoms with Crippen molar-refractivity contribution in [2.24, 2.45) is 0 Å². The molecule has 2 aromatic rings. The number of carbonyl (C=O) groups is 2. The molecule has 130 valence electrons. The molecular weight excluding hydrogens is 340 g/mol. The SMILES string of the molecule is CCC1Oc2ccccc2N(CCC(=O)Nc2ccccc2Cl)C1=O. The fourth-order valence-electron chi connectivity index (χ4n) is 2.75. The predicted octanol–water partition coefficient (Wildman–Crippen LogP) is 3.87. The third kappa shape index (κ3) is 3.77. The molecule has 0 fully saturated rings. The summed E-state index contributed by atoms with van der Waals surface area (Å²) < 4.78 is 5.73. The highest BCUT2D eigenvalue weighted by molar-refractivity contribution is 6.33. The Balaban J connectivity index is 1.70. The fraction of sp³-hybridized carbons (Fsp3) is 0.263. The summed E-state index contributed by atoms with van der Waals surface area (Å²) >= 11 is 6.05. The zero-order chi connectivity index (χ0) is 17.8. The van der Waals surface area contributed by atoms with Gasteiger partial charge in [0.2, 0.25) is 5.91 Å². The lowest BCUT2D eigenvalue weighted by atomic mass is 10.1. The molecule has 0 radical (unpaired) electrons. The number of hydrogen-bond donors (Lipinski definition) is 1. The van der Waals surface area contributed by atoms with Crippen LogP contribution in [0, 0.1) is 0 Å². The molecule has 25 heavy (non-hydrogen) atoms. The topological polar surface area (TPSA) is 58.6 Å². The van der Waals surface area contributed by atoms with Crippen molar-refractivity contribution in [3.63, 3.8) is 0 Å². The number of hydrogen-bond acceptors (Lipinski definition) is 3. The van der Waals surface area contributed by atoms with Crippen LogP contribution in [0.15, 0.2) is 48.5 Å². The van der Waals surface area contributed by atoms with Gasteiger partial charge in [-0.3, -0.25) is 9.59 Å². The zero-order valence-electron chi connectivity index (χ0n) is 13.9. The van der Waals surface area contributed by atoms with Crippen molar-refractivity contribution in [1.29, 1.82) is 0 Å². The number of nitrogens with one attached hydrogen (secondary N) is 1. The van der Waals surface area contributed by atoms with Gasteiger partial charge >= 0.3 is 0 Å². The van der Waals surface area contributed by atoms with Crippen molar-refractivity contribution in [2.45, 2.75) is 25.9 Å². The van der Waals surface area contributed by atoms with Crippen LogP contribution in [-0.4, -0.2) is 24.5 Å². The first-order chi connectivity index (χ1) is 12.1. The van der Waals surface area contributed by atoms with Crippen molar-refractivity contribution in [1.82, 2.24) is 0 Å². The normalized spacial score (nSPS) is 16.2. The van der Waals surface area contributed by atoms with Gasteiger partial charge in [0.25, 0.3) is 5.91 Å². The number of carbonyl (C=O) groups excluding carboxylic acids is 2. The van der Waals surface area contributed by atoms with Crippen molar-refractivity contribution < 1.29 is 14.3 Å². The Hall–Kier alpha value is -2.53. The van der Waals surface area contributed by atoms with Crippen LogP contribution in [0.1, 0.15) is 19.8 Å². The lowest BCUT2D eigenvalue weighted by molar-refractivity contribution is -0.126. The van der Waals surface area contributed by atoms with E-state index in [-0.39, 0.29) is 24.8 Å². The second-order valence-corrected chi connectivity index (χ2v) is 6.16. The predicted molar refractivity (Wildman–Crippen MR) is 98.2 cm³/mol. The van der Waals surface area contributed by atoms with Crippen LogP contribution in [0.4, 0.5) is 11.4 Å². The molecule has 1 heterocycles. The van der Waals surface area contributed by atoms with Gasteiger partial charge in [-0.1, -0.05) is 42.8 Å². The molecule has 0 aliphatic carbocycles. The third-order valence-electron chi connectivity index (χ3n) is 4.05. The molecule has 0 spiro atoms. The summed E-state index contributed by atoms with van der Waals surface area (Å²) in [6.45, 7) is 2.19. The molecule has 1 N–H and O–H groups in total. The summed E-state index contributed by atoms with van der Waals surface area (Å²) in [5.41, 5.74) is 1.26. The molecule has 2 amide bonds. The zero-order valence-corrected chi connectivity index (χ0v) is 14.6. The Labute approximate surface area is 151 Å². The van der Waals surface area contributed by atoms with Crippen molar-refractivity contribution in [3.05, 3.63) is 53.6 Å². The number of anilines is 2. The summed E-state index contributed by atoms with van der Waals surface area (Å²) in [5.74, 6) is 0.352. The molecule has 1 aliphatic rings. The molecule has 6 heteroatoms. The summed E-state index contributed by atoms with van der Waals surface area (Å²) in [5, 5.41) is 3.25. The minimum absolute atomic E-state index is 0.119. The van der Waals surface area contributed by atoms with Gasteiger partial charge in [0, 0.05) is 13.0 Å². The number of halogens is 1. The molecular formula is C19H19ClN2O3. The lowest BCUT2D eigenvalue weighted by Crippen LogP contribution is -2.46. The van der Waals surface area contributed by atoms with Crippen LogP contribution in [0.3, 0.4) is 0 Å². The monoisotopic (exact) mass is 358 g/mol. The van der Waals surface area contributed by atoms with Gasteiger partial charge in [-0.2, -0.15) is 0 Å². The Morgan fingerprint density at radius 2 is 1.92 bits per heavy atom. The molecule has 0 saturated carbocycles. The summed E-state index contributed by atoms with van der Waals surface area (Å²) in [6.07, 6.45) is 0.235. The van der Waals surface area contributed by atoms with E-state index in [1.807, 2.05) is 31.2 Å². The minimum Gasteiger partial charge on any atom is -0.478 e. The van der Waals surface area contributed by atoms with Crippen LogP contribution in [0.2, 0.25) is 5.02 Å². The van der Waals surface area contributed by atoms with Gasteiger partial charge in [-0.25, -0.2) is 0 Å². The average molecular weight is 359 g/mol. The number of para-hydroxylation sites is 3. The van der Waals surface area contributed by atoms with E-state index in [0.717, 1.165) is 0 Å². The number of fused-ring (bicyclic) bond motifs is 1. The van der Waals surface area contributed by atoms with Gasteiger partial charge < -0.3 is 15.0 Å². The van der Waals surface area contributed by atoms with Gasteiger partial charge in [0.15, 0.2) is 6.10 Å². The highest BCUT2D eigenvalue weighted by atomic mass is 35.5. The van der Waals surface area contributed by atoms with Gasteiger partial charge in [0.05, 0.1) is 16.4 Å². The highest BCUT2D eigenvalue weighted by Crippen LogP contribution is 2.34. The van der Waals surface area contributed by atoms with E-state index in [9.17, 15) is 9.59 Å². The van der Waals surface area contributed by atoms with E-state index < -0.39 is 6.10 Å². The summed E-state index contributed by atoms with van der Waals surface area (Å²) in [4.78, 5) is 26.5. The standard InChI is InChI=1S/C19H19ClN2O3/c1-2-16-19(24)22(15-9-5-6-10-17(15)25-16)12-11-18(23)21-14-8-4-3-7-13(14)20/h3-10,16H,2,11-12H2,1H3,(H,21,23). The molecule has 1 unspecified atom stereocenters. The molecule has 1 atom stereocenters. The van der Waals surface area contributed by atoms with Crippen LogP contribution >= 0.6 is 11.6 Å². The number of benzene rings is 2. The maximum atomic E-state index is 12.6. The van der Waals surface area contributed by atoms with Crippen LogP contribution in [-0.2, 0) is 9.59 Å². The number of nitrogens with zero attached hydrogens (tertiary/aromatic N) is 1. The van der Waals surface area contributed by atoms with E-state index in [2.05, 4.69) is 5.32 Å². The van der Waals surface area contributed by atoms with E-state index >= 15 is 0 Å². The first kappa shape index (κ1) is 17.3. The van der Waals surface area contributed by atoms with Gasteiger partial charge in [-0.15, -0.1) is 0 Å². The molecule has 0 aromatic heterocycles. The van der Waals surface area contributed by atoms with E-state index in [1.165, 1.54) is 0 Å². The minimum atomic E-state index is -0.512. The second-order valence-electron chi connectivity index (χ2n) is 5.75. The average Bonchev–Trinajstić information content (AvgIpc) is 2.62. The Morgan fingerprint density at radius 3 is 2.68 bits per heavy atom. The quantitative estimate of drug-likeness (QED) is 0.882. The molecule has 5 nitrogen and oxygen atoms in total. The Bertz CT molecular complexity index is 794. The Morgan fingerprint density at radius 1 is 1.20 bits per heavy atom. The fourth-order valence-corrected chi connectivity index (χ4v) is 2.94. The maximum absolute atomic E-state index is 12.6. The first-order valence-electron chi connectivity index (χ1n) is 8.21. The van der Waals surface area contributed by atoms with Crippen LogP contribution in [0.25, 0.3) is 0 Å². The van der Waals surface area contributed by atoms with Crippen LogP contribution < -0.4 is 15.0 Å². The van der Waals surface area contributed by atoms with E-state index in [0.29, 0.717) is 28.6 Å². The van der Waals surface area contributed by atoms with Crippen molar-refractivity contribution in [3.8, 4) is 5.75 Å². The van der Waals surface area contributed by atoms with E-state index in [4.69, 9.17) is 16.3 Å². The van der Waals surface area contributed by atoms with E-state index in [1.54, 1.807) is 29.2 Å². The molecule has 3 rings (SSSR count). The summed E-state index contributed by atoms with van der Waals surface area (Å²) in [6, 6.07) is 14.4. The first-order valence-corrected chi connectivity index (χ1v) is 8.59. The smallest absolute Gasteiger partial charge is 0.268 e. The van der Waals surface area contributed by atoms with Crippen molar-refractivity contribution >= 4 is 34.8 Å². The molecule has 0 bridgehead atoms. The third-order valence-corrected chi connectivity index (χ3v) is 4.38. The maximum Gasteiger partial charge on any atom is 0.268 e. The van der Waals surface area contributed by atoms with Crippen molar-refractivity contribution in [2.75, 3.05) is 16.8 Å². The molecule has 2 aromatic carbocycles. The molecule has 0 saturated heterocycles. The van der Waals surface area contributed by atoms with Crippen LogP contribution in [0.5, 0.6) is 5.75 Å². The largest absolute Gasteiger partial charge is 0.478 e. The van der Waals surface area contributed by atoms with Gasteiger partial charge in [0.1, 0.15) is 5.75 Å². The number of ether oxygens (including phenoxy) is 1. The second kappa shape index (κ2) is 7.57. The highest BCUT2D eigenvalue weighted by Gasteiger charge is 2.33. The summed E-state index contributed by atoms with van der Waals surface area (Å²) in [7, 11) is 0. The Kier molecular flexibility index (Phi) is 5.24. The molecule has 1 aliphatic heterocycles. The van der Waals surface area contributed by atoms with Gasteiger partial charge in [-0.05, 0) is 30.7 Å². The number of rotatable bonds is 5.